The number of nitrogens with one attached hydrogen (secondary N) is 1. The maximum absolute atomic E-state index is 13.0. The van der Waals surface area contributed by atoms with E-state index in [0.29, 0.717) is 29.1 Å². The Bertz CT molecular complexity index is 1610. The zero-order chi connectivity index (χ0) is 30.9. The summed E-state index contributed by atoms with van der Waals surface area (Å²) in [6, 6.07) is 23.0. The third kappa shape index (κ3) is 6.39. The molecule has 1 aromatic heterocycles. The second kappa shape index (κ2) is 12.0. The zero-order valence-corrected chi connectivity index (χ0v) is 26.1. The first-order valence-corrected chi connectivity index (χ1v) is 14.7. The van der Waals surface area contributed by atoms with E-state index in [0.717, 1.165) is 34.9 Å². The van der Waals surface area contributed by atoms with Gasteiger partial charge in [-0.15, -0.1) is 0 Å². The molecule has 0 atom stereocenters. The lowest BCUT2D eigenvalue weighted by molar-refractivity contribution is 0.00578. The van der Waals surface area contributed by atoms with Gasteiger partial charge in [-0.3, -0.25) is 4.79 Å². The molecule has 8 nitrogen and oxygen atoms in total. The molecule has 1 aliphatic heterocycles. The van der Waals surface area contributed by atoms with Crippen LogP contribution in [0.2, 0.25) is 0 Å². The molecule has 0 bridgehead atoms. The summed E-state index contributed by atoms with van der Waals surface area (Å²) in [6.07, 6.45) is 0.907. The Morgan fingerprint density at radius 1 is 0.884 bits per heavy atom. The largest absolute Gasteiger partial charge is 0.494 e. The molecule has 5 rings (SSSR count). The van der Waals surface area contributed by atoms with E-state index in [1.165, 1.54) is 0 Å². The van der Waals surface area contributed by atoms with Gasteiger partial charge in [0, 0.05) is 35.6 Å². The van der Waals surface area contributed by atoms with Gasteiger partial charge in [0.25, 0.3) is 5.91 Å². The lowest BCUT2D eigenvalue weighted by Gasteiger charge is -2.32. The molecule has 0 radical (unpaired) electrons. The molecule has 9 heteroatoms. The van der Waals surface area contributed by atoms with Gasteiger partial charge in [-0.1, -0.05) is 42.5 Å². The molecule has 1 aliphatic rings. The number of benzene rings is 3. The lowest BCUT2D eigenvalue weighted by Crippen LogP contribution is -2.41. The van der Waals surface area contributed by atoms with E-state index in [-0.39, 0.29) is 11.8 Å². The Hall–Kier alpha value is -3.92. The van der Waals surface area contributed by atoms with E-state index in [4.69, 9.17) is 14.3 Å². The molecule has 43 heavy (non-hydrogen) atoms. The zero-order valence-electron chi connectivity index (χ0n) is 26.1. The smallest absolute Gasteiger partial charge is 0.494 e. The van der Waals surface area contributed by atoms with Crippen molar-refractivity contribution in [1.82, 2.24) is 14.8 Å². The molecule has 3 aromatic carbocycles. The molecule has 0 aliphatic carbocycles. The van der Waals surface area contributed by atoms with Crippen molar-refractivity contribution >= 4 is 40.8 Å². The maximum Gasteiger partial charge on any atom is 0.494 e. The predicted molar refractivity (Wildman–Crippen MR) is 174 cm³/mol. The van der Waals surface area contributed by atoms with E-state index in [1.54, 1.807) is 17.0 Å². The first-order valence-electron chi connectivity index (χ1n) is 14.7. The number of amides is 1. The third-order valence-corrected chi connectivity index (χ3v) is 8.41. The van der Waals surface area contributed by atoms with Crippen LogP contribution in [0.1, 0.15) is 55.6 Å². The van der Waals surface area contributed by atoms with Crippen LogP contribution >= 0.6 is 0 Å². The van der Waals surface area contributed by atoms with Crippen molar-refractivity contribution in [3.63, 3.8) is 0 Å². The van der Waals surface area contributed by atoms with Crippen LogP contribution in [0.15, 0.2) is 77.8 Å². The molecule has 224 valence electrons. The van der Waals surface area contributed by atoms with E-state index < -0.39 is 18.3 Å². The topological polar surface area (TPSA) is 90.4 Å². The standard InChI is InChI=1S/C34H41BN4O4/c1-33(2)34(3,4)43-35(42-33)25-16-19-27-28(22-25)37-31(40)29(27)30(23-12-9-8-10-13-23)36-26-17-14-24(15-18-26)32(41)39(7)21-11-20-38(5)6/h8-10,12-19,22,37,40H,11,20-21H2,1-7H3. The second-order valence-electron chi connectivity index (χ2n) is 12.5. The number of rotatable bonds is 9. The van der Waals surface area contributed by atoms with Crippen LogP contribution in [0.3, 0.4) is 0 Å². The van der Waals surface area contributed by atoms with E-state index >= 15 is 0 Å². The number of fused-ring (bicyclic) bond motifs is 1. The minimum Gasteiger partial charge on any atom is -0.494 e. The van der Waals surface area contributed by atoms with Crippen LogP contribution in [0.5, 0.6) is 5.88 Å². The van der Waals surface area contributed by atoms with Gasteiger partial charge < -0.3 is 29.2 Å². The van der Waals surface area contributed by atoms with Crippen molar-refractivity contribution in [3.05, 3.63) is 89.5 Å². The maximum atomic E-state index is 13.0. The molecular weight excluding hydrogens is 539 g/mol. The summed E-state index contributed by atoms with van der Waals surface area (Å²) < 4.78 is 12.5. The molecule has 4 aromatic rings. The Morgan fingerprint density at radius 3 is 2.16 bits per heavy atom. The van der Waals surface area contributed by atoms with Gasteiger partial charge in [0.05, 0.1) is 28.2 Å². The van der Waals surface area contributed by atoms with Crippen molar-refractivity contribution in [2.75, 3.05) is 34.2 Å². The van der Waals surface area contributed by atoms with Crippen LogP contribution in [0.4, 0.5) is 5.69 Å². The summed E-state index contributed by atoms with van der Waals surface area (Å²) in [5.41, 5.74) is 4.07. The second-order valence-corrected chi connectivity index (χ2v) is 12.5. The quantitative estimate of drug-likeness (QED) is 0.205. The van der Waals surface area contributed by atoms with E-state index in [1.807, 2.05) is 110 Å². The number of aliphatic imine (C=N–C) groups is 1. The molecule has 1 fully saturated rings. The average Bonchev–Trinajstić information content (AvgIpc) is 3.41. The normalized spacial score (nSPS) is 16.3. The van der Waals surface area contributed by atoms with Gasteiger partial charge in [0.1, 0.15) is 0 Å². The van der Waals surface area contributed by atoms with Crippen molar-refractivity contribution < 1.29 is 19.2 Å². The summed E-state index contributed by atoms with van der Waals surface area (Å²) in [6.45, 7) is 9.72. The number of nitrogens with zero attached hydrogens (tertiary/aromatic N) is 3. The Labute approximate surface area is 254 Å². The number of aromatic nitrogens is 1. The van der Waals surface area contributed by atoms with Gasteiger partial charge in [0.2, 0.25) is 0 Å². The lowest BCUT2D eigenvalue weighted by atomic mass is 9.78. The predicted octanol–water partition coefficient (Wildman–Crippen LogP) is 5.37. The third-order valence-electron chi connectivity index (χ3n) is 8.41. The number of hydrogen-bond acceptors (Lipinski definition) is 6. The fourth-order valence-corrected chi connectivity index (χ4v) is 5.18. The van der Waals surface area contributed by atoms with Crippen LogP contribution in [0.25, 0.3) is 10.9 Å². The highest BCUT2D eigenvalue weighted by molar-refractivity contribution is 6.62. The van der Waals surface area contributed by atoms with Gasteiger partial charge in [0.15, 0.2) is 5.88 Å². The number of H-pyrrole nitrogens is 1. The number of carbonyl (C=O) groups is 1. The van der Waals surface area contributed by atoms with Gasteiger partial charge in [-0.2, -0.15) is 0 Å². The fraction of sp³-hybridized carbons (Fsp3) is 0.353. The van der Waals surface area contributed by atoms with Gasteiger partial charge in [-0.25, -0.2) is 4.99 Å². The first-order chi connectivity index (χ1) is 20.4. The Morgan fingerprint density at radius 2 is 1.53 bits per heavy atom. The van der Waals surface area contributed by atoms with E-state index in [2.05, 4.69) is 9.88 Å². The number of hydrogen-bond donors (Lipinski definition) is 2. The van der Waals surface area contributed by atoms with Crippen LogP contribution in [-0.2, 0) is 9.31 Å². The van der Waals surface area contributed by atoms with Crippen LogP contribution in [-0.4, -0.2) is 84.1 Å². The van der Waals surface area contributed by atoms with Crippen LogP contribution in [0, 0.1) is 0 Å². The molecule has 1 amide bonds. The SMILES string of the molecule is CN(C)CCCN(C)C(=O)c1ccc(N=C(c2ccccc2)c2c(O)[nH]c3cc(B4OC(C)(C)C(C)(C)O4)ccc23)cc1. The number of aromatic amines is 1. The highest BCUT2D eigenvalue weighted by Gasteiger charge is 2.51. The minimum absolute atomic E-state index is 0.0230. The summed E-state index contributed by atoms with van der Waals surface area (Å²) in [4.78, 5) is 25.0. The van der Waals surface area contributed by atoms with Gasteiger partial charge in [-0.05, 0) is 90.6 Å². The first kappa shape index (κ1) is 30.5. The van der Waals surface area contributed by atoms with E-state index in [9.17, 15) is 9.90 Å². The summed E-state index contributed by atoms with van der Waals surface area (Å²) in [7, 11) is 5.37. The molecule has 0 spiro atoms. The highest BCUT2D eigenvalue weighted by Crippen LogP contribution is 2.37. The summed E-state index contributed by atoms with van der Waals surface area (Å²) in [5.74, 6) is -0.000499. The number of carbonyl (C=O) groups excluding carboxylic acids is 1. The Kier molecular flexibility index (Phi) is 8.52. The average molecular weight is 581 g/mol. The molecule has 2 heterocycles. The molecule has 0 unspecified atom stereocenters. The molecule has 0 saturated carbocycles. The van der Waals surface area contributed by atoms with Crippen molar-refractivity contribution in [3.8, 4) is 5.88 Å². The summed E-state index contributed by atoms with van der Waals surface area (Å²) >= 11 is 0. The molecule has 1 saturated heterocycles. The fourth-order valence-electron chi connectivity index (χ4n) is 5.18. The van der Waals surface area contributed by atoms with Gasteiger partial charge >= 0.3 is 7.12 Å². The monoisotopic (exact) mass is 580 g/mol. The Balaban J connectivity index is 1.47. The van der Waals surface area contributed by atoms with Crippen molar-refractivity contribution in [2.24, 2.45) is 4.99 Å². The van der Waals surface area contributed by atoms with Crippen molar-refractivity contribution in [2.45, 2.75) is 45.3 Å². The minimum atomic E-state index is -0.515. The van der Waals surface area contributed by atoms with Crippen LogP contribution < -0.4 is 5.46 Å². The van der Waals surface area contributed by atoms with Crippen molar-refractivity contribution in [1.29, 1.82) is 0 Å². The number of aromatic hydroxyl groups is 1. The summed E-state index contributed by atoms with van der Waals surface area (Å²) in [5, 5.41) is 12.0. The highest BCUT2D eigenvalue weighted by atomic mass is 16.7. The molecular formula is C34H41BN4O4. The molecule has 2 N–H and O–H groups in total.